The Morgan fingerprint density at radius 2 is 1.96 bits per heavy atom. The maximum atomic E-state index is 4.71. The summed E-state index contributed by atoms with van der Waals surface area (Å²) in [4.78, 5) is 11.3. The molecule has 0 atom stereocenters. The quantitative estimate of drug-likeness (QED) is 0.742. The van der Waals surface area contributed by atoms with E-state index in [1.807, 2.05) is 23.1 Å². The number of aromatic nitrogens is 5. The fourth-order valence-corrected chi connectivity index (χ4v) is 3.48. The molecule has 0 aromatic carbocycles. The average molecular weight is 308 g/mol. The number of imidazole rings is 1. The molecule has 3 aromatic rings. The molecule has 118 valence electrons. The predicted octanol–water partition coefficient (Wildman–Crippen LogP) is 2.25. The molecule has 1 saturated heterocycles. The average Bonchev–Trinajstić information content (AvgIpc) is 3.14. The van der Waals surface area contributed by atoms with Gasteiger partial charge in [0.1, 0.15) is 11.3 Å². The first-order valence-corrected chi connectivity index (χ1v) is 8.35. The molecule has 0 unspecified atom stereocenters. The molecule has 1 saturated carbocycles. The summed E-state index contributed by atoms with van der Waals surface area (Å²) in [6.45, 7) is 5.20. The lowest BCUT2D eigenvalue weighted by atomic mass is 10.00. The van der Waals surface area contributed by atoms with Gasteiger partial charge in [0.15, 0.2) is 5.82 Å². The van der Waals surface area contributed by atoms with E-state index in [1.54, 1.807) is 0 Å². The number of aryl methyl sites for hydroxylation is 1. The van der Waals surface area contributed by atoms with Crippen molar-refractivity contribution in [3.8, 4) is 0 Å². The summed E-state index contributed by atoms with van der Waals surface area (Å²) in [6, 6.07) is 2.23. The van der Waals surface area contributed by atoms with E-state index in [0.29, 0.717) is 11.8 Å². The summed E-state index contributed by atoms with van der Waals surface area (Å²) in [6.07, 6.45) is 10.3. The Labute approximate surface area is 134 Å². The maximum Gasteiger partial charge on any atom is 0.154 e. The molecule has 6 nitrogen and oxygen atoms in total. The predicted molar refractivity (Wildman–Crippen MR) is 87.6 cm³/mol. The lowest BCUT2D eigenvalue weighted by Crippen LogP contribution is -2.49. The Morgan fingerprint density at radius 3 is 2.70 bits per heavy atom. The number of fused-ring (bicyclic) bond motifs is 1. The fourth-order valence-electron chi connectivity index (χ4n) is 3.48. The van der Waals surface area contributed by atoms with Crippen LogP contribution in [-0.2, 0) is 6.54 Å². The minimum Gasteiger partial charge on any atom is -0.354 e. The van der Waals surface area contributed by atoms with E-state index >= 15 is 0 Å². The second-order valence-electron chi connectivity index (χ2n) is 6.82. The second kappa shape index (κ2) is 4.81. The zero-order valence-corrected chi connectivity index (χ0v) is 13.3. The number of hydrogen-bond donors (Lipinski definition) is 0. The number of hydrogen-bond acceptors (Lipinski definition) is 4. The van der Waals surface area contributed by atoms with Crippen LogP contribution in [0.5, 0.6) is 0 Å². The third-order valence-corrected chi connectivity index (χ3v) is 5.02. The molecule has 3 aromatic heterocycles. The lowest BCUT2D eigenvalue weighted by molar-refractivity contribution is 0.353. The molecule has 2 fully saturated rings. The molecule has 1 aliphatic carbocycles. The van der Waals surface area contributed by atoms with Crippen LogP contribution in [0.4, 0.5) is 5.82 Å². The van der Waals surface area contributed by atoms with Crippen molar-refractivity contribution in [2.24, 2.45) is 5.92 Å². The maximum absolute atomic E-state index is 4.71. The molecule has 0 N–H and O–H groups in total. The first kappa shape index (κ1) is 13.1. The molecule has 5 rings (SSSR count). The van der Waals surface area contributed by atoms with Crippen molar-refractivity contribution in [2.45, 2.75) is 32.2 Å². The Bertz CT molecular complexity index is 853. The summed E-state index contributed by atoms with van der Waals surface area (Å²) in [5.41, 5.74) is 2.37. The monoisotopic (exact) mass is 308 g/mol. The second-order valence-corrected chi connectivity index (χ2v) is 6.82. The van der Waals surface area contributed by atoms with Gasteiger partial charge in [-0.3, -0.25) is 0 Å². The smallest absolute Gasteiger partial charge is 0.154 e. The van der Waals surface area contributed by atoms with Crippen molar-refractivity contribution in [1.82, 2.24) is 24.1 Å². The normalized spacial score (nSPS) is 18.6. The van der Waals surface area contributed by atoms with E-state index < -0.39 is 0 Å². The standard InChI is InChI=1S/C17H20N6/c1-12-18-4-6-21(12)9-13-10-22(11-13)17-16-8-15(14-2-3-14)20-23(16)7-5-19-17/h4-8,13-14H,2-3,9-11H2,1H3. The van der Waals surface area contributed by atoms with E-state index in [4.69, 9.17) is 5.10 Å². The summed E-state index contributed by atoms with van der Waals surface area (Å²) in [5.74, 6) is 3.51. The number of anilines is 1. The van der Waals surface area contributed by atoms with Gasteiger partial charge in [-0.1, -0.05) is 0 Å². The first-order chi connectivity index (χ1) is 11.3. The van der Waals surface area contributed by atoms with Gasteiger partial charge in [0, 0.05) is 56.3 Å². The molecule has 2 aliphatic rings. The van der Waals surface area contributed by atoms with Crippen LogP contribution in [-0.4, -0.2) is 37.2 Å². The van der Waals surface area contributed by atoms with Gasteiger partial charge >= 0.3 is 0 Å². The zero-order chi connectivity index (χ0) is 15.4. The molecule has 0 bridgehead atoms. The van der Waals surface area contributed by atoms with Gasteiger partial charge in [-0.05, 0) is 25.8 Å². The highest BCUT2D eigenvalue weighted by molar-refractivity contribution is 5.70. The molecule has 0 amide bonds. The SMILES string of the molecule is Cc1nccn1CC1CN(c2nccn3nc(C4CC4)cc23)C1. The summed E-state index contributed by atoms with van der Waals surface area (Å²) < 4.78 is 4.23. The first-order valence-electron chi connectivity index (χ1n) is 8.35. The fraction of sp³-hybridized carbons (Fsp3) is 0.471. The Kier molecular flexibility index (Phi) is 2.74. The highest BCUT2D eigenvalue weighted by Crippen LogP contribution is 2.40. The van der Waals surface area contributed by atoms with Crippen LogP contribution in [0.15, 0.2) is 30.9 Å². The minimum atomic E-state index is 0.663. The van der Waals surface area contributed by atoms with Crippen LogP contribution >= 0.6 is 0 Å². The highest BCUT2D eigenvalue weighted by atomic mass is 15.3. The van der Waals surface area contributed by atoms with Gasteiger partial charge in [-0.25, -0.2) is 14.5 Å². The Morgan fingerprint density at radius 1 is 1.13 bits per heavy atom. The van der Waals surface area contributed by atoms with E-state index in [9.17, 15) is 0 Å². The number of rotatable bonds is 4. The molecule has 0 radical (unpaired) electrons. The van der Waals surface area contributed by atoms with Gasteiger partial charge in [0.2, 0.25) is 0 Å². The zero-order valence-electron chi connectivity index (χ0n) is 13.3. The molecule has 4 heterocycles. The van der Waals surface area contributed by atoms with Gasteiger partial charge in [-0.15, -0.1) is 0 Å². The van der Waals surface area contributed by atoms with E-state index in [-0.39, 0.29) is 0 Å². The van der Waals surface area contributed by atoms with Crippen LogP contribution in [0.2, 0.25) is 0 Å². The molecule has 1 aliphatic heterocycles. The van der Waals surface area contributed by atoms with E-state index in [2.05, 4.69) is 38.6 Å². The Balaban J connectivity index is 1.35. The third-order valence-electron chi connectivity index (χ3n) is 5.02. The van der Waals surface area contributed by atoms with Crippen LogP contribution in [0.1, 0.15) is 30.3 Å². The molecule has 6 heteroatoms. The summed E-state index contributed by atoms with van der Waals surface area (Å²) >= 11 is 0. The summed E-state index contributed by atoms with van der Waals surface area (Å²) in [7, 11) is 0. The van der Waals surface area contributed by atoms with Crippen LogP contribution < -0.4 is 4.90 Å². The van der Waals surface area contributed by atoms with Crippen LogP contribution in [0.25, 0.3) is 5.52 Å². The minimum absolute atomic E-state index is 0.663. The molecular weight excluding hydrogens is 288 g/mol. The molecule has 0 spiro atoms. The van der Waals surface area contributed by atoms with Gasteiger partial charge in [0.25, 0.3) is 0 Å². The van der Waals surface area contributed by atoms with Crippen LogP contribution in [0, 0.1) is 12.8 Å². The van der Waals surface area contributed by atoms with Crippen molar-refractivity contribution < 1.29 is 0 Å². The van der Waals surface area contributed by atoms with Gasteiger partial charge in [0.05, 0.1) is 5.69 Å². The van der Waals surface area contributed by atoms with E-state index in [1.165, 1.54) is 18.5 Å². The van der Waals surface area contributed by atoms with Crippen molar-refractivity contribution in [1.29, 1.82) is 0 Å². The van der Waals surface area contributed by atoms with Gasteiger partial charge < -0.3 is 9.47 Å². The van der Waals surface area contributed by atoms with Gasteiger partial charge in [-0.2, -0.15) is 5.10 Å². The topological polar surface area (TPSA) is 51.2 Å². The van der Waals surface area contributed by atoms with Crippen molar-refractivity contribution in [2.75, 3.05) is 18.0 Å². The molecular formula is C17H20N6. The van der Waals surface area contributed by atoms with E-state index in [0.717, 1.165) is 36.8 Å². The summed E-state index contributed by atoms with van der Waals surface area (Å²) in [5, 5.41) is 4.71. The highest BCUT2D eigenvalue weighted by Gasteiger charge is 2.31. The third kappa shape index (κ3) is 2.20. The lowest BCUT2D eigenvalue weighted by Gasteiger charge is -2.40. The largest absolute Gasteiger partial charge is 0.354 e. The number of nitrogens with zero attached hydrogens (tertiary/aromatic N) is 6. The molecule has 23 heavy (non-hydrogen) atoms. The Hall–Kier alpha value is -2.37. The van der Waals surface area contributed by atoms with Crippen molar-refractivity contribution >= 4 is 11.3 Å². The van der Waals surface area contributed by atoms with Crippen molar-refractivity contribution in [3.05, 3.63) is 42.4 Å². The van der Waals surface area contributed by atoms with Crippen LogP contribution in [0.3, 0.4) is 0 Å². The van der Waals surface area contributed by atoms with Crippen molar-refractivity contribution in [3.63, 3.8) is 0 Å².